The fourth-order valence-electron chi connectivity index (χ4n) is 2.19. The molecular formula is C18H28FNO2Si. The molecular weight excluding hydrogens is 309 g/mol. The second-order valence-corrected chi connectivity index (χ2v) is 12.7. The monoisotopic (exact) mass is 337 g/mol. The minimum absolute atomic E-state index is 0.210. The number of halogens is 1. The predicted molar refractivity (Wildman–Crippen MR) is 95.8 cm³/mol. The molecule has 2 rings (SSSR count). The first-order valence-electron chi connectivity index (χ1n) is 8.13. The van der Waals surface area contributed by atoms with Gasteiger partial charge in [0, 0.05) is 25.4 Å². The first-order chi connectivity index (χ1) is 10.6. The number of benzene rings is 1. The molecule has 1 aromatic rings. The Hall–Kier alpha value is -1.33. The van der Waals surface area contributed by atoms with Crippen molar-refractivity contribution < 1.29 is 13.6 Å². The zero-order valence-electron chi connectivity index (χ0n) is 15.0. The van der Waals surface area contributed by atoms with Crippen LogP contribution < -0.4 is 9.64 Å². The minimum Gasteiger partial charge on any atom is -0.461 e. The van der Waals surface area contributed by atoms with Gasteiger partial charge < -0.3 is 14.1 Å². The van der Waals surface area contributed by atoms with E-state index in [0.29, 0.717) is 18.3 Å². The van der Waals surface area contributed by atoms with E-state index in [1.54, 1.807) is 12.3 Å². The molecule has 0 N–H and O–H groups in total. The molecule has 0 radical (unpaired) electrons. The van der Waals surface area contributed by atoms with E-state index in [1.165, 1.54) is 12.1 Å². The first-order valence-corrected chi connectivity index (χ1v) is 11.0. The van der Waals surface area contributed by atoms with Crippen molar-refractivity contribution in [2.24, 2.45) is 5.92 Å². The van der Waals surface area contributed by atoms with E-state index < -0.39 is 8.32 Å². The number of hydrogen-bond donors (Lipinski definition) is 0. The second kappa shape index (κ2) is 6.65. The molecule has 1 aromatic carbocycles. The van der Waals surface area contributed by atoms with E-state index in [2.05, 4.69) is 40.8 Å². The van der Waals surface area contributed by atoms with Crippen LogP contribution in [-0.2, 0) is 4.43 Å². The molecule has 1 aliphatic rings. The number of nitrogens with zero attached hydrogens (tertiary/aromatic N) is 1. The van der Waals surface area contributed by atoms with Gasteiger partial charge in [0.15, 0.2) is 8.32 Å². The third kappa shape index (κ3) is 4.35. The molecule has 0 fully saturated rings. The van der Waals surface area contributed by atoms with Crippen LogP contribution in [0, 0.1) is 11.7 Å². The highest BCUT2D eigenvalue weighted by Crippen LogP contribution is 2.37. The molecule has 0 spiro atoms. The predicted octanol–water partition coefficient (Wildman–Crippen LogP) is 5.15. The summed E-state index contributed by atoms with van der Waals surface area (Å²) < 4.78 is 25.2. The summed E-state index contributed by atoms with van der Waals surface area (Å²) in [7, 11) is -1.74. The van der Waals surface area contributed by atoms with Crippen molar-refractivity contribution in [1.29, 1.82) is 0 Å². The van der Waals surface area contributed by atoms with Crippen LogP contribution in [0.15, 0.2) is 30.7 Å². The van der Waals surface area contributed by atoms with Gasteiger partial charge in [0.05, 0.1) is 5.69 Å². The van der Waals surface area contributed by atoms with E-state index in [0.717, 1.165) is 12.2 Å². The smallest absolute Gasteiger partial charge is 0.191 e. The summed E-state index contributed by atoms with van der Waals surface area (Å²) in [6, 6.07) is 4.60. The highest BCUT2D eigenvalue weighted by atomic mass is 28.4. The van der Waals surface area contributed by atoms with Gasteiger partial charge in [-0.2, -0.15) is 0 Å². The number of fused-ring (bicyclic) bond motifs is 1. The van der Waals surface area contributed by atoms with Crippen molar-refractivity contribution in [3.8, 4) is 5.75 Å². The molecule has 3 nitrogen and oxygen atoms in total. The number of rotatable bonds is 5. The Morgan fingerprint density at radius 2 is 2.00 bits per heavy atom. The van der Waals surface area contributed by atoms with Crippen LogP contribution in [0.2, 0.25) is 18.1 Å². The van der Waals surface area contributed by atoms with E-state index in [9.17, 15) is 4.39 Å². The van der Waals surface area contributed by atoms with Gasteiger partial charge in [-0.1, -0.05) is 27.7 Å². The molecule has 128 valence electrons. The molecule has 0 saturated carbocycles. The van der Waals surface area contributed by atoms with Gasteiger partial charge >= 0.3 is 0 Å². The Morgan fingerprint density at radius 1 is 1.30 bits per heavy atom. The maximum absolute atomic E-state index is 13.5. The second-order valence-electron chi connectivity index (χ2n) is 7.84. The summed E-state index contributed by atoms with van der Waals surface area (Å²) in [5.41, 5.74) is 0.770. The van der Waals surface area contributed by atoms with Crippen molar-refractivity contribution in [3.05, 3.63) is 36.5 Å². The Morgan fingerprint density at radius 3 is 2.65 bits per heavy atom. The molecule has 0 aliphatic carbocycles. The van der Waals surface area contributed by atoms with Crippen molar-refractivity contribution in [2.45, 2.75) is 45.8 Å². The molecule has 1 aliphatic heterocycles. The van der Waals surface area contributed by atoms with Crippen LogP contribution >= 0.6 is 0 Å². The van der Waals surface area contributed by atoms with Gasteiger partial charge in [0.25, 0.3) is 0 Å². The van der Waals surface area contributed by atoms with E-state index in [4.69, 9.17) is 9.16 Å². The normalized spacial score (nSPS) is 16.0. The minimum atomic E-state index is -1.74. The van der Waals surface area contributed by atoms with E-state index >= 15 is 0 Å². The molecule has 0 unspecified atom stereocenters. The molecule has 0 aromatic heterocycles. The van der Waals surface area contributed by atoms with Crippen LogP contribution in [-0.4, -0.2) is 21.5 Å². The topological polar surface area (TPSA) is 21.7 Å². The van der Waals surface area contributed by atoms with Gasteiger partial charge in [-0.25, -0.2) is 4.39 Å². The summed E-state index contributed by atoms with van der Waals surface area (Å²) in [5, 5.41) is 0.210. The Balaban J connectivity index is 1.99. The lowest BCUT2D eigenvalue weighted by Crippen LogP contribution is -2.42. The standard InChI is InChI=1S/C18H28FNO2Si/c1-14(13-22-23(5,6)18(2,3)4)12-20-9-10-21-17-8-7-15(19)11-16(17)20/h7-11,14H,12-13H2,1-6H3/t14-/m0/s1. The van der Waals surface area contributed by atoms with Gasteiger partial charge in [0.2, 0.25) is 0 Å². The lowest BCUT2D eigenvalue weighted by atomic mass is 10.1. The molecule has 0 amide bonds. The number of hydrogen-bond acceptors (Lipinski definition) is 3. The lowest BCUT2D eigenvalue weighted by Gasteiger charge is -2.37. The fraction of sp³-hybridized carbons (Fsp3) is 0.556. The summed E-state index contributed by atoms with van der Waals surface area (Å²) in [5.74, 6) is 0.771. The SMILES string of the molecule is C[C@H](CO[Si](C)(C)C(C)(C)C)CN1C=COc2ccc(F)cc21. The number of ether oxygens (including phenoxy) is 1. The van der Waals surface area contributed by atoms with Crippen LogP contribution in [0.4, 0.5) is 10.1 Å². The third-order valence-corrected chi connectivity index (χ3v) is 9.21. The summed E-state index contributed by atoms with van der Waals surface area (Å²) in [6.45, 7) is 14.9. The highest BCUT2D eigenvalue weighted by molar-refractivity contribution is 6.74. The van der Waals surface area contributed by atoms with Crippen molar-refractivity contribution in [2.75, 3.05) is 18.1 Å². The number of anilines is 1. The zero-order valence-corrected chi connectivity index (χ0v) is 16.0. The molecule has 5 heteroatoms. The zero-order chi connectivity index (χ0) is 17.3. The van der Waals surface area contributed by atoms with Crippen molar-refractivity contribution >= 4 is 14.0 Å². The largest absolute Gasteiger partial charge is 0.461 e. The van der Waals surface area contributed by atoms with E-state index in [-0.39, 0.29) is 10.9 Å². The van der Waals surface area contributed by atoms with Gasteiger partial charge in [-0.05, 0) is 36.2 Å². The van der Waals surface area contributed by atoms with Gasteiger partial charge in [-0.3, -0.25) is 0 Å². The lowest BCUT2D eigenvalue weighted by molar-refractivity contribution is 0.240. The Bertz CT molecular complexity index is 581. The highest BCUT2D eigenvalue weighted by Gasteiger charge is 2.37. The summed E-state index contributed by atoms with van der Waals surface area (Å²) >= 11 is 0. The molecule has 0 saturated heterocycles. The average Bonchev–Trinajstić information content (AvgIpc) is 2.45. The van der Waals surface area contributed by atoms with Crippen molar-refractivity contribution in [1.82, 2.24) is 0 Å². The van der Waals surface area contributed by atoms with Crippen LogP contribution in [0.1, 0.15) is 27.7 Å². The van der Waals surface area contributed by atoms with Gasteiger partial charge in [-0.15, -0.1) is 0 Å². The third-order valence-electron chi connectivity index (χ3n) is 4.71. The van der Waals surface area contributed by atoms with Crippen molar-refractivity contribution in [3.63, 3.8) is 0 Å². The average molecular weight is 338 g/mol. The first kappa shape index (κ1) is 18.0. The quantitative estimate of drug-likeness (QED) is 0.693. The molecule has 23 heavy (non-hydrogen) atoms. The van der Waals surface area contributed by atoms with Crippen LogP contribution in [0.25, 0.3) is 0 Å². The Labute approximate surface area is 140 Å². The maximum atomic E-state index is 13.5. The molecule has 1 atom stereocenters. The fourth-order valence-corrected chi connectivity index (χ4v) is 3.32. The maximum Gasteiger partial charge on any atom is 0.191 e. The summed E-state index contributed by atoms with van der Waals surface area (Å²) in [6.07, 6.45) is 3.49. The van der Waals surface area contributed by atoms with Gasteiger partial charge in [0.1, 0.15) is 17.8 Å². The van der Waals surface area contributed by atoms with Crippen LogP contribution in [0.3, 0.4) is 0 Å². The van der Waals surface area contributed by atoms with E-state index in [1.807, 2.05) is 11.1 Å². The molecule has 0 bridgehead atoms. The summed E-state index contributed by atoms with van der Waals surface area (Å²) in [4.78, 5) is 2.03. The molecule has 1 heterocycles. The van der Waals surface area contributed by atoms with Crippen LogP contribution in [0.5, 0.6) is 5.75 Å². The Kier molecular flexibility index (Phi) is 5.21.